The Hall–Kier alpha value is -2.89. The van der Waals surface area contributed by atoms with E-state index in [0.717, 1.165) is 61.7 Å². The molecule has 0 saturated carbocycles. The van der Waals surface area contributed by atoms with Gasteiger partial charge in [-0.05, 0) is 72.8 Å². The molecule has 0 bridgehead atoms. The van der Waals surface area contributed by atoms with E-state index in [4.69, 9.17) is 0 Å². The monoisotopic (exact) mass is 603 g/mol. The third kappa shape index (κ3) is 8.14. The predicted octanol–water partition coefficient (Wildman–Crippen LogP) is 8.74. The van der Waals surface area contributed by atoms with Crippen LogP contribution < -0.4 is 16.0 Å². The number of rotatable bonds is 8. The molecule has 0 fully saturated rings. The Morgan fingerprint density at radius 2 is 1.02 bits per heavy atom. The third-order valence-corrected chi connectivity index (χ3v) is 7.79. The standard InChI is InChI=1S/C36H49N3O2.Ti/c1-20(2)27-14-12-15-28(21(3)4)33(27)35(40)37-25(10)31-18-24(9)19-32(39-31)26(11)38-36(41)34-29(22(5)6)16-13-17-30(34)23(7)8;/h12-18,20-23,39H,19H2,1-11H3,(H,37,40)(H,38,41);. The second kappa shape index (κ2) is 15.0. The largest absolute Gasteiger partial charge is 0.356 e. The average Bonchev–Trinajstić information content (AvgIpc) is 2.91. The van der Waals surface area contributed by atoms with Crippen LogP contribution in [0.4, 0.5) is 0 Å². The molecule has 0 spiro atoms. The van der Waals surface area contributed by atoms with Gasteiger partial charge in [0.15, 0.2) is 0 Å². The molecule has 224 valence electrons. The zero-order valence-electron chi connectivity index (χ0n) is 27.4. The number of amides is 2. The van der Waals surface area contributed by atoms with Crippen LogP contribution >= 0.6 is 0 Å². The maximum absolute atomic E-state index is 13.7. The van der Waals surface area contributed by atoms with Gasteiger partial charge in [-0.3, -0.25) is 9.59 Å². The quantitative estimate of drug-likeness (QED) is 0.264. The van der Waals surface area contributed by atoms with Crippen molar-refractivity contribution in [2.45, 2.75) is 106 Å². The summed E-state index contributed by atoms with van der Waals surface area (Å²) in [5.41, 5.74) is 10.2. The van der Waals surface area contributed by atoms with E-state index in [0.29, 0.717) is 6.42 Å². The Morgan fingerprint density at radius 3 is 1.38 bits per heavy atom. The summed E-state index contributed by atoms with van der Waals surface area (Å²) in [6.45, 7) is 22.9. The van der Waals surface area contributed by atoms with E-state index in [1.807, 2.05) is 38.1 Å². The first-order valence-corrected chi connectivity index (χ1v) is 15.0. The minimum atomic E-state index is -0.0940. The Morgan fingerprint density at radius 1 is 0.667 bits per heavy atom. The Bertz CT molecular complexity index is 1360. The molecule has 0 radical (unpaired) electrons. The number of allylic oxidation sites excluding steroid dienone is 4. The number of nitrogens with one attached hydrogen (secondary N) is 3. The van der Waals surface area contributed by atoms with Gasteiger partial charge in [0.25, 0.3) is 11.8 Å². The first kappa shape index (κ1) is 35.3. The number of hydrogen-bond acceptors (Lipinski definition) is 3. The van der Waals surface area contributed by atoms with Gasteiger partial charge < -0.3 is 16.0 Å². The Labute approximate surface area is 268 Å². The van der Waals surface area contributed by atoms with Crippen molar-refractivity contribution in [3.05, 3.63) is 104 Å². The molecule has 2 aromatic rings. The molecular formula is C36H49N3O2Ti. The van der Waals surface area contributed by atoms with Crippen molar-refractivity contribution in [3.8, 4) is 0 Å². The molecule has 3 N–H and O–H groups in total. The zero-order chi connectivity index (χ0) is 30.6. The average molecular weight is 604 g/mol. The molecule has 1 heterocycles. The van der Waals surface area contributed by atoms with Gasteiger partial charge in [-0.15, -0.1) is 0 Å². The molecule has 0 unspecified atom stereocenters. The zero-order valence-corrected chi connectivity index (χ0v) is 28.9. The number of benzene rings is 2. The van der Waals surface area contributed by atoms with E-state index in [2.05, 4.69) is 96.5 Å². The Balaban J connectivity index is 0.00000616. The number of carbonyl (C=O) groups is 2. The molecule has 0 atom stereocenters. The van der Waals surface area contributed by atoms with Crippen LogP contribution in [0.1, 0.15) is 149 Å². The fourth-order valence-corrected chi connectivity index (χ4v) is 5.48. The fourth-order valence-electron chi connectivity index (χ4n) is 5.48. The summed E-state index contributed by atoms with van der Waals surface area (Å²) in [7, 11) is 0. The molecule has 5 nitrogen and oxygen atoms in total. The maximum atomic E-state index is 13.7. The van der Waals surface area contributed by atoms with E-state index in [-0.39, 0.29) is 57.2 Å². The third-order valence-electron chi connectivity index (χ3n) is 7.79. The van der Waals surface area contributed by atoms with Crippen molar-refractivity contribution in [1.29, 1.82) is 0 Å². The summed E-state index contributed by atoms with van der Waals surface area (Å²) < 4.78 is 0. The van der Waals surface area contributed by atoms with Crippen LogP contribution in [0.3, 0.4) is 0 Å². The topological polar surface area (TPSA) is 70.2 Å². The van der Waals surface area contributed by atoms with Crippen LogP contribution in [-0.4, -0.2) is 11.8 Å². The van der Waals surface area contributed by atoms with Gasteiger partial charge in [-0.1, -0.05) is 97.4 Å². The van der Waals surface area contributed by atoms with Crippen molar-refractivity contribution < 1.29 is 31.3 Å². The van der Waals surface area contributed by atoms with E-state index >= 15 is 0 Å². The molecule has 2 aromatic carbocycles. The van der Waals surface area contributed by atoms with Gasteiger partial charge in [0.1, 0.15) is 0 Å². The molecule has 0 aromatic heterocycles. The van der Waals surface area contributed by atoms with Crippen molar-refractivity contribution in [2.24, 2.45) is 0 Å². The van der Waals surface area contributed by atoms with E-state index in [1.54, 1.807) is 0 Å². The van der Waals surface area contributed by atoms with Crippen LogP contribution in [0.15, 0.2) is 70.8 Å². The molecule has 1 aliphatic heterocycles. The van der Waals surface area contributed by atoms with Crippen molar-refractivity contribution in [2.75, 3.05) is 0 Å². The second-order valence-electron chi connectivity index (χ2n) is 12.6. The van der Waals surface area contributed by atoms with Crippen LogP contribution in [0.5, 0.6) is 0 Å². The van der Waals surface area contributed by atoms with E-state index in [1.165, 1.54) is 0 Å². The van der Waals surface area contributed by atoms with Crippen LogP contribution in [0.25, 0.3) is 0 Å². The normalized spacial score (nSPS) is 15.7. The first-order valence-electron chi connectivity index (χ1n) is 15.0. The number of hydrogen-bond donors (Lipinski definition) is 3. The predicted molar refractivity (Wildman–Crippen MR) is 171 cm³/mol. The first-order chi connectivity index (χ1) is 19.2. The van der Waals surface area contributed by atoms with Crippen molar-refractivity contribution in [3.63, 3.8) is 0 Å². The van der Waals surface area contributed by atoms with Gasteiger partial charge in [0.05, 0.1) is 5.70 Å². The van der Waals surface area contributed by atoms with Crippen molar-refractivity contribution >= 4 is 11.8 Å². The van der Waals surface area contributed by atoms with Gasteiger partial charge in [0, 0.05) is 56.4 Å². The fraction of sp³-hybridized carbons (Fsp3) is 0.444. The molecule has 0 saturated heterocycles. The summed E-state index contributed by atoms with van der Waals surface area (Å²) >= 11 is 0. The summed E-state index contributed by atoms with van der Waals surface area (Å²) in [5.74, 6) is 0.754. The van der Waals surface area contributed by atoms with Gasteiger partial charge in [0.2, 0.25) is 0 Å². The molecule has 0 aliphatic carbocycles. The second-order valence-corrected chi connectivity index (χ2v) is 12.6. The smallest absolute Gasteiger partial charge is 0.256 e. The number of carbonyl (C=O) groups excluding carboxylic acids is 2. The van der Waals surface area contributed by atoms with Gasteiger partial charge >= 0.3 is 0 Å². The SMILES string of the molecule is CC1=CC(=C(C)NC(=O)c2c(C(C)C)cccc2C(C)C)NC(=C(C)NC(=O)c2c(C(C)C)cccc2C(C)C)C1.[Ti]. The molecule has 1 aliphatic rings. The molecule has 3 rings (SSSR count). The molecule has 6 heteroatoms. The molecule has 2 amide bonds. The Kier molecular flexibility index (Phi) is 12.6. The van der Waals surface area contributed by atoms with E-state index in [9.17, 15) is 9.59 Å². The molecule has 42 heavy (non-hydrogen) atoms. The summed E-state index contributed by atoms with van der Waals surface area (Å²) in [4.78, 5) is 27.3. The van der Waals surface area contributed by atoms with Crippen LogP contribution in [0, 0.1) is 0 Å². The minimum absolute atomic E-state index is 0. The van der Waals surface area contributed by atoms with Crippen LogP contribution in [0.2, 0.25) is 0 Å². The van der Waals surface area contributed by atoms with Crippen LogP contribution in [-0.2, 0) is 21.7 Å². The van der Waals surface area contributed by atoms with Gasteiger partial charge in [-0.25, -0.2) is 0 Å². The maximum Gasteiger partial charge on any atom is 0.256 e. The van der Waals surface area contributed by atoms with Gasteiger partial charge in [-0.2, -0.15) is 0 Å². The summed E-state index contributed by atoms with van der Waals surface area (Å²) in [6.07, 6.45) is 2.75. The minimum Gasteiger partial charge on any atom is -0.356 e. The summed E-state index contributed by atoms with van der Waals surface area (Å²) in [5, 5.41) is 9.85. The van der Waals surface area contributed by atoms with E-state index < -0.39 is 0 Å². The van der Waals surface area contributed by atoms with Crippen molar-refractivity contribution in [1.82, 2.24) is 16.0 Å². The summed E-state index contributed by atoms with van der Waals surface area (Å²) in [6, 6.07) is 12.3. The molecular weight excluding hydrogens is 554 g/mol.